The predicted molar refractivity (Wildman–Crippen MR) is 65.4 cm³/mol. The maximum Gasteiger partial charge on any atom is 0.143 e. The lowest BCUT2D eigenvalue weighted by Gasteiger charge is -2.49. The molecule has 0 heterocycles. The van der Waals surface area contributed by atoms with Gasteiger partial charge in [-0.2, -0.15) is 0 Å². The number of hydrogen-bond acceptors (Lipinski definition) is 1. The molecule has 3 fully saturated rings. The second kappa shape index (κ2) is 3.25. The molecule has 2 unspecified atom stereocenters. The van der Waals surface area contributed by atoms with Gasteiger partial charge >= 0.3 is 0 Å². The van der Waals surface area contributed by atoms with Crippen LogP contribution in [-0.2, 0) is 4.79 Å². The molecule has 0 saturated heterocycles. The van der Waals surface area contributed by atoms with Crippen molar-refractivity contribution < 1.29 is 4.79 Å². The Morgan fingerprint density at radius 3 is 2.69 bits per heavy atom. The Morgan fingerprint density at radius 1 is 1.44 bits per heavy atom. The number of hydrogen-bond donors (Lipinski definition) is 0. The van der Waals surface area contributed by atoms with Gasteiger partial charge in [0.2, 0.25) is 0 Å². The number of carbonyl (C=O) groups is 1. The van der Waals surface area contributed by atoms with E-state index in [4.69, 9.17) is 11.6 Å². The summed E-state index contributed by atoms with van der Waals surface area (Å²) < 4.78 is 0. The average molecular weight is 241 g/mol. The number of rotatable bonds is 1. The Kier molecular flexibility index (Phi) is 2.25. The molecule has 3 saturated carbocycles. The molecule has 0 aliphatic heterocycles. The highest BCUT2D eigenvalue weighted by Gasteiger charge is 2.66. The zero-order valence-corrected chi connectivity index (χ0v) is 11.1. The molecule has 0 aromatic rings. The first-order valence-corrected chi connectivity index (χ1v) is 7.09. The third kappa shape index (κ3) is 1.11. The lowest BCUT2D eigenvalue weighted by atomic mass is 9.55. The zero-order chi connectivity index (χ0) is 11.7. The van der Waals surface area contributed by atoms with E-state index in [1.165, 1.54) is 6.42 Å². The van der Waals surface area contributed by atoms with Gasteiger partial charge in [0.05, 0.1) is 0 Å². The van der Waals surface area contributed by atoms with Crippen LogP contribution in [0.3, 0.4) is 0 Å². The van der Waals surface area contributed by atoms with Crippen molar-refractivity contribution in [3.63, 3.8) is 0 Å². The van der Waals surface area contributed by atoms with Gasteiger partial charge in [0.25, 0.3) is 0 Å². The van der Waals surface area contributed by atoms with Crippen molar-refractivity contribution in [3.05, 3.63) is 0 Å². The summed E-state index contributed by atoms with van der Waals surface area (Å²) in [5.74, 6) is 3.33. The number of carbonyl (C=O) groups excluding carboxylic acids is 1. The van der Waals surface area contributed by atoms with Crippen molar-refractivity contribution >= 4 is 17.4 Å². The smallest absolute Gasteiger partial charge is 0.143 e. The fourth-order valence-electron chi connectivity index (χ4n) is 4.87. The van der Waals surface area contributed by atoms with Gasteiger partial charge in [-0.3, -0.25) is 4.79 Å². The van der Waals surface area contributed by atoms with E-state index in [1.54, 1.807) is 0 Å². The Morgan fingerprint density at radius 2 is 2.12 bits per heavy atom. The maximum atomic E-state index is 12.3. The molecule has 0 N–H and O–H groups in total. The third-order valence-corrected chi connectivity index (χ3v) is 6.39. The van der Waals surface area contributed by atoms with Crippen LogP contribution >= 0.6 is 11.6 Å². The Labute approximate surface area is 103 Å². The molecular weight excluding hydrogens is 220 g/mol. The van der Waals surface area contributed by atoms with E-state index in [9.17, 15) is 4.79 Å². The van der Waals surface area contributed by atoms with Gasteiger partial charge in [0.1, 0.15) is 5.78 Å². The van der Waals surface area contributed by atoms with Crippen molar-refractivity contribution in [2.45, 2.75) is 45.4 Å². The first-order chi connectivity index (χ1) is 7.47. The van der Waals surface area contributed by atoms with Crippen LogP contribution in [0.15, 0.2) is 0 Å². The molecule has 1 nitrogen and oxygen atoms in total. The Bertz CT molecular complexity index is 338. The highest BCUT2D eigenvalue weighted by Crippen LogP contribution is 2.65. The number of fused-ring (bicyclic) bond motifs is 1. The highest BCUT2D eigenvalue weighted by atomic mass is 35.5. The number of alkyl halides is 1. The summed E-state index contributed by atoms with van der Waals surface area (Å²) in [6.07, 6.45) is 3.39. The van der Waals surface area contributed by atoms with Crippen molar-refractivity contribution in [1.82, 2.24) is 0 Å². The van der Waals surface area contributed by atoms with Crippen LogP contribution in [0.2, 0.25) is 0 Å². The summed E-state index contributed by atoms with van der Waals surface area (Å²) in [5.41, 5.74) is -0.00782. The predicted octanol–water partition coefficient (Wildman–Crippen LogP) is 3.50. The monoisotopic (exact) mass is 240 g/mol. The third-order valence-electron chi connectivity index (χ3n) is 5.79. The van der Waals surface area contributed by atoms with Crippen LogP contribution < -0.4 is 0 Å². The van der Waals surface area contributed by atoms with Gasteiger partial charge in [-0.1, -0.05) is 20.8 Å². The number of ketones is 1. The van der Waals surface area contributed by atoms with Crippen molar-refractivity contribution in [2.24, 2.45) is 35.0 Å². The minimum Gasteiger partial charge on any atom is -0.299 e. The van der Waals surface area contributed by atoms with E-state index in [1.807, 2.05) is 0 Å². The zero-order valence-electron chi connectivity index (χ0n) is 10.4. The van der Waals surface area contributed by atoms with Gasteiger partial charge in [-0.25, -0.2) is 0 Å². The molecule has 3 rings (SSSR count). The molecule has 3 aliphatic carbocycles. The minimum absolute atomic E-state index is 0.00782. The van der Waals surface area contributed by atoms with Crippen molar-refractivity contribution in [1.29, 1.82) is 0 Å². The lowest BCUT2D eigenvalue weighted by molar-refractivity contribution is -0.137. The maximum absolute atomic E-state index is 12.3. The van der Waals surface area contributed by atoms with Crippen LogP contribution in [0.25, 0.3) is 0 Å². The van der Waals surface area contributed by atoms with E-state index in [-0.39, 0.29) is 16.7 Å². The SMILES string of the molecule is CC(C)[C@@H]1CC[C@]2(C)C(=O)[C@H]3CC2C1[C@@H]3Cl. The van der Waals surface area contributed by atoms with E-state index < -0.39 is 0 Å². The van der Waals surface area contributed by atoms with E-state index >= 15 is 0 Å². The molecule has 2 bridgehead atoms. The molecule has 0 aromatic heterocycles. The summed E-state index contributed by atoms with van der Waals surface area (Å²) >= 11 is 6.55. The quantitative estimate of drug-likeness (QED) is 0.642. The topological polar surface area (TPSA) is 17.1 Å². The summed E-state index contributed by atoms with van der Waals surface area (Å²) in [7, 11) is 0. The molecule has 90 valence electrons. The fraction of sp³-hybridized carbons (Fsp3) is 0.929. The van der Waals surface area contributed by atoms with E-state index in [0.29, 0.717) is 23.5 Å². The van der Waals surface area contributed by atoms with Gasteiger partial charge in [0, 0.05) is 16.7 Å². The number of Topliss-reactive ketones (excluding diaryl/α,β-unsaturated/α-hetero) is 1. The van der Waals surface area contributed by atoms with Crippen LogP contribution in [0.1, 0.15) is 40.0 Å². The molecule has 0 spiro atoms. The normalized spacial score (nSPS) is 55.1. The van der Waals surface area contributed by atoms with E-state index in [2.05, 4.69) is 20.8 Å². The first kappa shape index (κ1) is 11.1. The molecule has 16 heavy (non-hydrogen) atoms. The molecule has 2 heteroatoms. The van der Waals surface area contributed by atoms with Gasteiger partial charge in [-0.15, -0.1) is 11.6 Å². The lowest BCUT2D eigenvalue weighted by Crippen LogP contribution is -2.50. The summed E-state index contributed by atoms with van der Waals surface area (Å²) in [6, 6.07) is 0. The van der Waals surface area contributed by atoms with Crippen molar-refractivity contribution in [2.75, 3.05) is 0 Å². The Hall–Kier alpha value is -0.0400. The molecule has 6 atom stereocenters. The van der Waals surface area contributed by atoms with Crippen LogP contribution in [0.4, 0.5) is 0 Å². The first-order valence-electron chi connectivity index (χ1n) is 6.65. The van der Waals surface area contributed by atoms with Gasteiger partial charge in [0.15, 0.2) is 0 Å². The molecular formula is C14H21ClO. The fourth-order valence-corrected chi connectivity index (χ4v) is 5.45. The molecule has 0 aromatic carbocycles. The summed E-state index contributed by atoms with van der Waals surface area (Å²) in [6.45, 7) is 6.82. The number of halogens is 1. The van der Waals surface area contributed by atoms with Crippen molar-refractivity contribution in [3.8, 4) is 0 Å². The summed E-state index contributed by atoms with van der Waals surface area (Å²) in [4.78, 5) is 12.3. The second-order valence-corrected chi connectivity index (χ2v) is 7.20. The van der Waals surface area contributed by atoms with Gasteiger partial charge in [-0.05, 0) is 42.9 Å². The van der Waals surface area contributed by atoms with Crippen LogP contribution in [0, 0.1) is 35.0 Å². The van der Waals surface area contributed by atoms with Gasteiger partial charge < -0.3 is 0 Å². The minimum atomic E-state index is -0.00782. The average Bonchev–Trinajstić information content (AvgIpc) is 2.68. The largest absolute Gasteiger partial charge is 0.299 e. The standard InChI is InChI=1S/C14H21ClO/c1-7(2)8-4-5-14(3)10-6-9(13(14)16)12(15)11(8)10/h7-12H,4-6H2,1-3H3/t8-,9-,10?,11?,12+,14-/m0/s1. The van der Waals surface area contributed by atoms with E-state index in [0.717, 1.165) is 18.8 Å². The highest BCUT2D eigenvalue weighted by molar-refractivity contribution is 6.23. The molecule has 3 aliphatic rings. The second-order valence-electron chi connectivity index (χ2n) is 6.70. The summed E-state index contributed by atoms with van der Waals surface area (Å²) in [5, 5.41) is 0.137. The van der Waals surface area contributed by atoms with Crippen LogP contribution in [-0.4, -0.2) is 11.2 Å². The molecule has 0 radical (unpaired) electrons. The Balaban J connectivity index is 1.99. The van der Waals surface area contributed by atoms with Crippen LogP contribution in [0.5, 0.6) is 0 Å². The molecule has 0 amide bonds.